The van der Waals surface area contributed by atoms with Crippen molar-refractivity contribution in [3.8, 4) is 0 Å². The van der Waals surface area contributed by atoms with Crippen molar-refractivity contribution in [1.82, 2.24) is 10.2 Å². The Hall–Kier alpha value is -2.65. The minimum atomic E-state index is -1.31. The molecule has 0 atom stereocenters. The highest BCUT2D eigenvalue weighted by Gasteiger charge is 2.21. The number of carbonyl (C=O) groups excluding carboxylic acids is 4. The zero-order valence-corrected chi connectivity index (χ0v) is 14.8. The lowest BCUT2D eigenvalue weighted by atomic mass is 10.2. The fraction of sp³-hybridized carbons (Fsp3) is 0.667. The molecule has 0 radical (unpaired) electrons. The van der Waals surface area contributed by atoms with Gasteiger partial charge in [0.1, 0.15) is 18.7 Å². The van der Waals surface area contributed by atoms with Gasteiger partial charge in [0.15, 0.2) is 0 Å². The largest absolute Gasteiger partial charge is 0.480 e. The highest BCUT2D eigenvalue weighted by atomic mass is 16.6. The van der Waals surface area contributed by atoms with E-state index in [1.165, 1.54) is 0 Å². The van der Waals surface area contributed by atoms with Crippen LogP contribution in [0.2, 0.25) is 0 Å². The summed E-state index contributed by atoms with van der Waals surface area (Å²) >= 11 is 0. The van der Waals surface area contributed by atoms with Crippen LogP contribution in [0.5, 0.6) is 0 Å². The van der Waals surface area contributed by atoms with Crippen molar-refractivity contribution < 1.29 is 38.6 Å². The predicted molar refractivity (Wildman–Crippen MR) is 84.3 cm³/mol. The Balaban J connectivity index is 4.38. The van der Waals surface area contributed by atoms with Crippen molar-refractivity contribution in [3.63, 3.8) is 0 Å². The second-order valence-electron chi connectivity index (χ2n) is 6.08. The summed E-state index contributed by atoms with van der Waals surface area (Å²) in [5.41, 5.74) is -0.658. The minimum absolute atomic E-state index is 0.154. The van der Waals surface area contributed by atoms with Crippen LogP contribution < -0.4 is 5.32 Å². The predicted octanol–water partition coefficient (Wildman–Crippen LogP) is -0.689. The van der Waals surface area contributed by atoms with E-state index in [4.69, 9.17) is 9.84 Å². The van der Waals surface area contributed by atoms with Gasteiger partial charge in [0.2, 0.25) is 11.8 Å². The van der Waals surface area contributed by atoms with Crippen LogP contribution in [0, 0.1) is 0 Å². The molecule has 0 saturated carbocycles. The van der Waals surface area contributed by atoms with E-state index in [2.05, 4.69) is 10.1 Å². The molecule has 0 aliphatic rings. The summed E-state index contributed by atoms with van der Waals surface area (Å²) in [6.07, 6.45) is -0.337. The molecule has 0 aromatic heterocycles. The normalized spacial score (nSPS) is 10.6. The van der Waals surface area contributed by atoms with Crippen LogP contribution in [-0.2, 0) is 33.4 Å². The van der Waals surface area contributed by atoms with E-state index >= 15 is 0 Å². The quantitative estimate of drug-likeness (QED) is 0.515. The number of hydrogen-bond acceptors (Lipinski definition) is 7. The molecule has 0 aromatic carbocycles. The molecular formula is C15H24N2O8. The van der Waals surface area contributed by atoms with Gasteiger partial charge in [-0.2, -0.15) is 0 Å². The second kappa shape index (κ2) is 10.3. The van der Waals surface area contributed by atoms with E-state index in [-0.39, 0.29) is 12.8 Å². The lowest BCUT2D eigenvalue weighted by molar-refractivity contribution is -0.156. The average molecular weight is 360 g/mol. The van der Waals surface area contributed by atoms with Crippen molar-refractivity contribution >= 4 is 29.7 Å². The van der Waals surface area contributed by atoms with E-state index in [0.29, 0.717) is 0 Å². The maximum Gasteiger partial charge on any atom is 0.325 e. The Morgan fingerprint density at radius 2 is 1.60 bits per heavy atom. The first-order chi connectivity index (χ1) is 11.4. The van der Waals surface area contributed by atoms with Gasteiger partial charge >= 0.3 is 17.9 Å². The smallest absolute Gasteiger partial charge is 0.325 e. The van der Waals surface area contributed by atoms with Crippen molar-refractivity contribution in [2.75, 3.05) is 26.7 Å². The maximum atomic E-state index is 11.9. The molecule has 0 saturated heterocycles. The first-order valence-corrected chi connectivity index (χ1v) is 7.49. The standard InChI is InChI=1S/C15H24N2O8/c1-15(2,3)25-13(22)6-5-10(18)16-7-11(19)17(8-12(20)21)9-14(23)24-4/h5-9H2,1-4H3,(H,16,18)(H,20,21). The second-order valence-corrected chi connectivity index (χ2v) is 6.08. The van der Waals surface area contributed by atoms with Crippen molar-refractivity contribution in [3.05, 3.63) is 0 Å². The fourth-order valence-corrected chi connectivity index (χ4v) is 1.60. The number of carbonyl (C=O) groups is 5. The summed E-state index contributed by atoms with van der Waals surface area (Å²) < 4.78 is 9.42. The first kappa shape index (κ1) is 22.4. The number of nitrogens with zero attached hydrogens (tertiary/aromatic N) is 1. The van der Waals surface area contributed by atoms with Crippen molar-refractivity contribution in [2.45, 2.75) is 39.2 Å². The molecule has 0 aliphatic carbocycles. The molecule has 2 amide bonds. The number of methoxy groups -OCH3 is 1. The molecule has 10 heteroatoms. The molecule has 142 valence electrons. The van der Waals surface area contributed by atoms with Crippen LogP contribution in [0.4, 0.5) is 0 Å². The number of aliphatic carboxylic acids is 1. The summed E-state index contributed by atoms with van der Waals surface area (Å²) in [5.74, 6) is -3.99. The van der Waals surface area contributed by atoms with Crippen LogP contribution in [0.25, 0.3) is 0 Å². The Labute approximate surface area is 145 Å². The lowest BCUT2D eigenvalue weighted by Gasteiger charge is -2.20. The monoisotopic (exact) mass is 360 g/mol. The summed E-state index contributed by atoms with van der Waals surface area (Å²) in [7, 11) is 1.10. The summed E-state index contributed by atoms with van der Waals surface area (Å²) in [6.45, 7) is 3.33. The average Bonchev–Trinajstić information content (AvgIpc) is 2.47. The maximum absolute atomic E-state index is 11.9. The van der Waals surface area contributed by atoms with Gasteiger partial charge in [-0.05, 0) is 20.8 Å². The van der Waals surface area contributed by atoms with E-state index < -0.39 is 55.0 Å². The summed E-state index contributed by atoms with van der Waals surface area (Å²) in [6, 6.07) is 0. The number of amides is 2. The number of carboxylic acid groups (broad SMARTS) is 1. The molecule has 25 heavy (non-hydrogen) atoms. The highest BCUT2D eigenvalue weighted by Crippen LogP contribution is 2.08. The zero-order chi connectivity index (χ0) is 19.6. The van der Waals surface area contributed by atoms with E-state index in [0.717, 1.165) is 12.0 Å². The molecule has 0 fully saturated rings. The molecule has 0 heterocycles. The Morgan fingerprint density at radius 3 is 2.08 bits per heavy atom. The van der Waals surface area contributed by atoms with Gasteiger partial charge in [0, 0.05) is 6.42 Å². The van der Waals surface area contributed by atoms with E-state index in [9.17, 15) is 24.0 Å². The third kappa shape index (κ3) is 11.5. The number of hydrogen-bond donors (Lipinski definition) is 2. The van der Waals surface area contributed by atoms with Gasteiger partial charge in [-0.3, -0.25) is 24.0 Å². The lowest BCUT2D eigenvalue weighted by Crippen LogP contribution is -2.45. The topological polar surface area (TPSA) is 139 Å². The first-order valence-electron chi connectivity index (χ1n) is 7.49. The summed E-state index contributed by atoms with van der Waals surface area (Å²) in [4.78, 5) is 57.7. The van der Waals surface area contributed by atoms with Crippen LogP contribution >= 0.6 is 0 Å². The van der Waals surface area contributed by atoms with Crippen LogP contribution in [0.3, 0.4) is 0 Å². The van der Waals surface area contributed by atoms with Crippen LogP contribution in [0.1, 0.15) is 33.6 Å². The van der Waals surface area contributed by atoms with Gasteiger partial charge in [-0.15, -0.1) is 0 Å². The number of ether oxygens (including phenoxy) is 2. The molecule has 0 spiro atoms. The minimum Gasteiger partial charge on any atom is -0.480 e. The third-order valence-electron chi connectivity index (χ3n) is 2.64. The molecular weight excluding hydrogens is 336 g/mol. The van der Waals surface area contributed by atoms with Crippen LogP contribution in [0.15, 0.2) is 0 Å². The van der Waals surface area contributed by atoms with Gasteiger partial charge in [0.25, 0.3) is 0 Å². The van der Waals surface area contributed by atoms with Gasteiger partial charge in [-0.25, -0.2) is 0 Å². The molecule has 0 unspecified atom stereocenters. The fourth-order valence-electron chi connectivity index (χ4n) is 1.60. The molecule has 0 rings (SSSR count). The number of carboxylic acids is 1. The van der Waals surface area contributed by atoms with E-state index in [1.807, 2.05) is 0 Å². The van der Waals surface area contributed by atoms with Gasteiger partial charge < -0.3 is 24.8 Å². The number of esters is 2. The Morgan fingerprint density at radius 1 is 1.00 bits per heavy atom. The highest BCUT2D eigenvalue weighted by molar-refractivity contribution is 5.89. The van der Waals surface area contributed by atoms with Crippen molar-refractivity contribution in [1.29, 1.82) is 0 Å². The zero-order valence-electron chi connectivity index (χ0n) is 14.8. The SMILES string of the molecule is COC(=O)CN(CC(=O)O)C(=O)CNC(=O)CCC(=O)OC(C)(C)C. The molecule has 10 nitrogen and oxygen atoms in total. The van der Waals surface area contributed by atoms with Crippen molar-refractivity contribution in [2.24, 2.45) is 0 Å². The van der Waals surface area contributed by atoms with Gasteiger partial charge in [-0.1, -0.05) is 0 Å². The Bertz CT molecular complexity index is 524. The van der Waals surface area contributed by atoms with Crippen LogP contribution in [-0.4, -0.2) is 72.1 Å². The number of nitrogens with one attached hydrogen (secondary N) is 1. The van der Waals surface area contributed by atoms with E-state index in [1.54, 1.807) is 20.8 Å². The number of rotatable bonds is 9. The molecule has 0 aliphatic heterocycles. The molecule has 0 aromatic rings. The molecule has 2 N–H and O–H groups in total. The molecule has 0 bridgehead atoms. The summed E-state index contributed by atoms with van der Waals surface area (Å²) in [5, 5.41) is 11.0. The van der Waals surface area contributed by atoms with Gasteiger partial charge in [0.05, 0.1) is 20.1 Å². The third-order valence-corrected chi connectivity index (χ3v) is 2.64. The Kier molecular flexibility index (Phi) is 9.18.